The van der Waals surface area contributed by atoms with Crippen molar-refractivity contribution in [3.05, 3.63) is 40.9 Å². The first-order chi connectivity index (χ1) is 10.9. The van der Waals surface area contributed by atoms with Crippen LogP contribution in [-0.4, -0.2) is 37.1 Å². The molecule has 0 aliphatic carbocycles. The minimum atomic E-state index is -1.37. The van der Waals surface area contributed by atoms with E-state index in [1.54, 1.807) is 12.1 Å². The van der Waals surface area contributed by atoms with Crippen molar-refractivity contribution in [2.75, 3.05) is 13.2 Å². The quantitative estimate of drug-likeness (QED) is 0.280. The SMILES string of the molecule is C=CCNC(=O)C(=O)N/N=C\c1cc(Br)ccc1OCC(=O)[O-]. The lowest BCUT2D eigenvalue weighted by molar-refractivity contribution is -0.307. The number of aliphatic carboxylic acids is 1. The second kappa shape index (κ2) is 9.36. The fraction of sp³-hybridized carbons (Fsp3) is 0.143. The number of nitrogens with zero attached hydrogens (tertiary/aromatic N) is 1. The fourth-order valence-corrected chi connectivity index (χ4v) is 1.72. The van der Waals surface area contributed by atoms with Gasteiger partial charge in [-0.25, -0.2) is 5.43 Å². The van der Waals surface area contributed by atoms with Crippen LogP contribution in [0.4, 0.5) is 0 Å². The Morgan fingerprint density at radius 2 is 2.09 bits per heavy atom. The number of amides is 2. The number of carboxylic acid groups (broad SMARTS) is 1. The lowest BCUT2D eigenvalue weighted by Crippen LogP contribution is -2.37. The molecule has 0 aliphatic rings. The Balaban J connectivity index is 2.72. The highest BCUT2D eigenvalue weighted by Gasteiger charge is 2.10. The first-order valence-corrected chi connectivity index (χ1v) is 7.07. The molecule has 0 spiro atoms. The Bertz CT molecular complexity index is 645. The number of hydrogen-bond acceptors (Lipinski definition) is 6. The minimum absolute atomic E-state index is 0.156. The van der Waals surface area contributed by atoms with Crippen molar-refractivity contribution in [3.8, 4) is 5.75 Å². The molecule has 122 valence electrons. The van der Waals surface area contributed by atoms with Gasteiger partial charge in [0, 0.05) is 16.6 Å². The first-order valence-electron chi connectivity index (χ1n) is 6.28. The van der Waals surface area contributed by atoms with Crippen molar-refractivity contribution >= 4 is 39.9 Å². The summed E-state index contributed by atoms with van der Waals surface area (Å²) < 4.78 is 5.72. The lowest BCUT2D eigenvalue weighted by atomic mass is 10.2. The Hall–Kier alpha value is -2.68. The van der Waals surface area contributed by atoms with E-state index in [4.69, 9.17) is 4.74 Å². The predicted octanol–water partition coefficient (Wildman–Crippen LogP) is -0.670. The second-order valence-electron chi connectivity index (χ2n) is 4.04. The molecule has 0 heterocycles. The van der Waals surface area contributed by atoms with Crippen molar-refractivity contribution < 1.29 is 24.2 Å². The topological polar surface area (TPSA) is 120 Å². The molecule has 2 amide bonds. The molecule has 0 radical (unpaired) electrons. The van der Waals surface area contributed by atoms with Gasteiger partial charge in [0.1, 0.15) is 12.4 Å². The molecule has 23 heavy (non-hydrogen) atoms. The second-order valence-corrected chi connectivity index (χ2v) is 4.96. The third-order valence-corrected chi connectivity index (χ3v) is 2.79. The summed E-state index contributed by atoms with van der Waals surface area (Å²) in [6.45, 7) is 2.93. The number of nitrogens with one attached hydrogen (secondary N) is 2. The number of hydrogen-bond donors (Lipinski definition) is 2. The largest absolute Gasteiger partial charge is 0.546 e. The Morgan fingerprint density at radius 1 is 1.35 bits per heavy atom. The third kappa shape index (κ3) is 6.74. The molecule has 2 N–H and O–H groups in total. The van der Waals surface area contributed by atoms with Crippen molar-refractivity contribution in [1.82, 2.24) is 10.7 Å². The van der Waals surface area contributed by atoms with E-state index in [2.05, 4.69) is 32.9 Å². The summed E-state index contributed by atoms with van der Waals surface area (Å²) >= 11 is 3.24. The zero-order chi connectivity index (χ0) is 17.2. The van der Waals surface area contributed by atoms with Crippen molar-refractivity contribution in [3.63, 3.8) is 0 Å². The van der Waals surface area contributed by atoms with Gasteiger partial charge in [0.15, 0.2) is 0 Å². The zero-order valence-electron chi connectivity index (χ0n) is 11.9. The average Bonchev–Trinajstić information content (AvgIpc) is 2.51. The van der Waals surface area contributed by atoms with Gasteiger partial charge >= 0.3 is 11.8 Å². The van der Waals surface area contributed by atoms with E-state index < -0.39 is 24.4 Å². The van der Waals surface area contributed by atoms with Crippen LogP contribution in [0.5, 0.6) is 5.75 Å². The number of halogens is 1. The Kier molecular flexibility index (Phi) is 7.48. The van der Waals surface area contributed by atoms with Gasteiger partial charge in [-0.05, 0) is 18.2 Å². The number of ether oxygens (including phenoxy) is 1. The molecule has 1 aromatic carbocycles. The maximum absolute atomic E-state index is 11.4. The number of carboxylic acids is 1. The minimum Gasteiger partial charge on any atom is -0.546 e. The number of carbonyl (C=O) groups excluding carboxylic acids is 3. The van der Waals surface area contributed by atoms with Gasteiger partial charge in [-0.2, -0.15) is 5.10 Å². The van der Waals surface area contributed by atoms with E-state index in [1.165, 1.54) is 18.4 Å². The Morgan fingerprint density at radius 3 is 2.74 bits per heavy atom. The molecule has 0 aliphatic heterocycles. The monoisotopic (exact) mass is 382 g/mol. The summed E-state index contributed by atoms with van der Waals surface area (Å²) in [5.41, 5.74) is 2.43. The Labute approximate surface area is 140 Å². The molecular weight excluding hydrogens is 370 g/mol. The highest BCUT2D eigenvalue weighted by molar-refractivity contribution is 9.10. The summed E-state index contributed by atoms with van der Waals surface area (Å²) in [6.07, 6.45) is 2.64. The van der Waals surface area contributed by atoms with Gasteiger partial charge < -0.3 is 20.0 Å². The smallest absolute Gasteiger partial charge is 0.329 e. The molecule has 0 atom stereocenters. The summed E-state index contributed by atoms with van der Waals surface area (Å²) in [4.78, 5) is 33.1. The van der Waals surface area contributed by atoms with Crippen LogP contribution in [-0.2, 0) is 14.4 Å². The highest BCUT2D eigenvalue weighted by Crippen LogP contribution is 2.21. The van der Waals surface area contributed by atoms with Crippen molar-refractivity contribution in [2.45, 2.75) is 0 Å². The lowest BCUT2D eigenvalue weighted by Gasteiger charge is -2.09. The number of rotatable bonds is 7. The zero-order valence-corrected chi connectivity index (χ0v) is 13.5. The molecule has 0 bridgehead atoms. The summed E-state index contributed by atoms with van der Waals surface area (Å²) in [5.74, 6) is -2.95. The van der Waals surface area contributed by atoms with E-state index >= 15 is 0 Å². The number of carbonyl (C=O) groups is 3. The first kappa shape index (κ1) is 18.4. The summed E-state index contributed by atoms with van der Waals surface area (Å²) in [5, 5.41) is 16.3. The summed E-state index contributed by atoms with van der Waals surface area (Å²) in [7, 11) is 0. The van der Waals surface area contributed by atoms with Crippen LogP contribution in [0.1, 0.15) is 5.56 Å². The van der Waals surface area contributed by atoms with Crippen LogP contribution in [0.15, 0.2) is 40.4 Å². The van der Waals surface area contributed by atoms with E-state index in [0.29, 0.717) is 10.0 Å². The number of hydrazone groups is 1. The van der Waals surface area contributed by atoms with E-state index in [-0.39, 0.29) is 12.3 Å². The van der Waals surface area contributed by atoms with Crippen molar-refractivity contribution in [2.24, 2.45) is 5.10 Å². The molecule has 1 rings (SSSR count). The molecule has 1 aromatic rings. The van der Waals surface area contributed by atoms with E-state index in [9.17, 15) is 19.5 Å². The predicted molar refractivity (Wildman–Crippen MR) is 83.6 cm³/mol. The van der Waals surface area contributed by atoms with Gasteiger partial charge in [0.2, 0.25) is 0 Å². The standard InChI is InChI=1S/C14H14BrN3O5/c1-2-5-16-13(21)14(22)18-17-7-9-6-10(15)3-4-11(9)23-8-12(19)20/h2-4,6-7H,1,5,8H2,(H,16,21)(H,18,22)(H,19,20)/p-1/b17-7-. The van der Waals surface area contributed by atoms with Crippen LogP contribution in [0.2, 0.25) is 0 Å². The molecule has 8 nitrogen and oxygen atoms in total. The van der Waals surface area contributed by atoms with E-state index in [0.717, 1.165) is 0 Å². The maximum Gasteiger partial charge on any atom is 0.329 e. The average molecular weight is 383 g/mol. The molecule has 0 saturated carbocycles. The van der Waals surface area contributed by atoms with Crippen LogP contribution in [0.25, 0.3) is 0 Å². The van der Waals surface area contributed by atoms with E-state index in [1.807, 2.05) is 5.43 Å². The van der Waals surface area contributed by atoms with Crippen LogP contribution in [0, 0.1) is 0 Å². The van der Waals surface area contributed by atoms with Gasteiger partial charge in [-0.1, -0.05) is 22.0 Å². The normalized spacial score (nSPS) is 10.1. The van der Waals surface area contributed by atoms with Gasteiger partial charge in [-0.3, -0.25) is 9.59 Å². The van der Waals surface area contributed by atoms with Gasteiger partial charge in [-0.15, -0.1) is 6.58 Å². The fourth-order valence-electron chi connectivity index (χ4n) is 1.34. The number of benzene rings is 1. The molecule has 0 unspecified atom stereocenters. The molecule has 9 heteroatoms. The van der Waals surface area contributed by atoms with Gasteiger partial charge in [0.25, 0.3) is 0 Å². The summed E-state index contributed by atoms with van der Waals surface area (Å²) in [6, 6.07) is 4.76. The molecule has 0 fully saturated rings. The molecule has 0 aromatic heterocycles. The van der Waals surface area contributed by atoms with Crippen LogP contribution in [0.3, 0.4) is 0 Å². The maximum atomic E-state index is 11.4. The van der Waals surface area contributed by atoms with Crippen molar-refractivity contribution in [1.29, 1.82) is 0 Å². The molecular formula is C14H13BrN3O5-. The van der Waals surface area contributed by atoms with Crippen LogP contribution >= 0.6 is 15.9 Å². The third-order valence-electron chi connectivity index (χ3n) is 2.30. The van der Waals surface area contributed by atoms with Gasteiger partial charge in [0.05, 0.1) is 12.2 Å². The molecule has 0 saturated heterocycles. The van der Waals surface area contributed by atoms with Crippen LogP contribution < -0.4 is 20.6 Å². The highest BCUT2D eigenvalue weighted by atomic mass is 79.9.